The number of carbonyl (C=O) groups is 2. The molecule has 1 aromatic carbocycles. The predicted molar refractivity (Wildman–Crippen MR) is 109 cm³/mol. The fourth-order valence-corrected chi connectivity index (χ4v) is 5.45. The number of nitriles is 1. The zero-order valence-electron chi connectivity index (χ0n) is 16.5. The van der Waals surface area contributed by atoms with Crippen molar-refractivity contribution in [1.29, 1.82) is 5.26 Å². The van der Waals surface area contributed by atoms with E-state index >= 15 is 0 Å². The minimum Gasteiger partial charge on any atom is -0.457 e. The summed E-state index contributed by atoms with van der Waals surface area (Å²) in [4.78, 5) is 26.8. The number of nitrogens with zero attached hydrogens (tertiary/aromatic N) is 2. The van der Waals surface area contributed by atoms with Crippen LogP contribution in [-0.4, -0.2) is 42.7 Å². The molecule has 31 heavy (non-hydrogen) atoms. The van der Waals surface area contributed by atoms with Gasteiger partial charge in [0.2, 0.25) is 0 Å². The van der Waals surface area contributed by atoms with E-state index < -0.39 is 27.7 Å². The van der Waals surface area contributed by atoms with E-state index in [4.69, 9.17) is 4.42 Å². The van der Waals surface area contributed by atoms with Crippen LogP contribution in [0.15, 0.2) is 57.5 Å². The van der Waals surface area contributed by atoms with E-state index in [0.29, 0.717) is 17.1 Å². The summed E-state index contributed by atoms with van der Waals surface area (Å²) < 4.78 is 42.6. The zero-order valence-corrected chi connectivity index (χ0v) is 17.3. The van der Waals surface area contributed by atoms with Crippen molar-refractivity contribution in [3.05, 3.63) is 64.7 Å². The van der Waals surface area contributed by atoms with Crippen molar-refractivity contribution < 1.29 is 26.8 Å². The smallest absolute Gasteiger partial charge is 0.271 e. The van der Waals surface area contributed by atoms with Crippen LogP contribution in [0, 0.1) is 17.1 Å². The standard InChI is InChI=1S/C22H17FN2O5S/c1-13-18(10-17-6-7-20(30-17)14-2-4-15(23)5-3-14)21(26)25(22(27)19(13)11-24)16-8-9-31(28,29)12-16/h2-7,10,16H,8-9,12H2,1H3/b18-10-/t16-/m0/s1. The maximum absolute atomic E-state index is 13.1. The van der Waals surface area contributed by atoms with E-state index in [9.17, 15) is 27.7 Å². The molecule has 0 spiro atoms. The molecule has 4 rings (SSSR count). The molecule has 158 valence electrons. The second kappa shape index (κ2) is 7.63. The lowest BCUT2D eigenvalue weighted by Gasteiger charge is -2.31. The highest BCUT2D eigenvalue weighted by molar-refractivity contribution is 7.91. The molecule has 2 amide bonds. The van der Waals surface area contributed by atoms with Gasteiger partial charge >= 0.3 is 0 Å². The van der Waals surface area contributed by atoms with E-state index in [2.05, 4.69) is 0 Å². The Labute approximate surface area is 178 Å². The molecule has 2 aromatic rings. The molecule has 3 heterocycles. The monoisotopic (exact) mass is 440 g/mol. The summed E-state index contributed by atoms with van der Waals surface area (Å²) in [6, 6.07) is 9.99. The fourth-order valence-electron chi connectivity index (χ4n) is 3.75. The third kappa shape index (κ3) is 3.82. The molecular weight excluding hydrogens is 423 g/mol. The summed E-state index contributed by atoms with van der Waals surface area (Å²) in [7, 11) is -3.35. The molecule has 0 bridgehead atoms. The number of furan rings is 1. The Morgan fingerprint density at radius 1 is 1.16 bits per heavy atom. The van der Waals surface area contributed by atoms with Gasteiger partial charge in [-0.1, -0.05) is 0 Å². The summed E-state index contributed by atoms with van der Waals surface area (Å²) >= 11 is 0. The summed E-state index contributed by atoms with van der Waals surface area (Å²) in [6.45, 7) is 1.49. The molecule has 1 aromatic heterocycles. The van der Waals surface area contributed by atoms with Crippen LogP contribution in [0.2, 0.25) is 0 Å². The normalized spacial score (nSPS) is 22.3. The van der Waals surface area contributed by atoms with E-state index in [1.807, 2.05) is 6.07 Å². The Morgan fingerprint density at radius 2 is 1.87 bits per heavy atom. The van der Waals surface area contributed by atoms with E-state index in [1.165, 1.54) is 25.1 Å². The van der Waals surface area contributed by atoms with Crippen LogP contribution in [0.3, 0.4) is 0 Å². The average Bonchev–Trinajstić information content (AvgIpc) is 3.32. The molecule has 1 atom stereocenters. The number of hydrogen-bond donors (Lipinski definition) is 0. The largest absolute Gasteiger partial charge is 0.457 e. The van der Waals surface area contributed by atoms with Crippen LogP contribution in [0.1, 0.15) is 19.1 Å². The van der Waals surface area contributed by atoms with Crippen molar-refractivity contribution >= 4 is 27.7 Å². The topological polar surface area (TPSA) is 108 Å². The number of imide groups is 1. The maximum atomic E-state index is 13.1. The van der Waals surface area contributed by atoms with Gasteiger partial charge in [0.25, 0.3) is 11.8 Å². The van der Waals surface area contributed by atoms with Gasteiger partial charge in [0.15, 0.2) is 9.84 Å². The van der Waals surface area contributed by atoms with Crippen molar-refractivity contribution in [2.75, 3.05) is 11.5 Å². The average molecular weight is 440 g/mol. The SMILES string of the molecule is CC1=C(C#N)C(=O)N([C@H]2CCS(=O)(=O)C2)C(=O)/C1=C\c1ccc(-c2ccc(F)cc2)o1. The van der Waals surface area contributed by atoms with Crippen LogP contribution in [0.5, 0.6) is 0 Å². The Hall–Kier alpha value is -3.51. The van der Waals surface area contributed by atoms with Crippen LogP contribution >= 0.6 is 0 Å². The molecule has 9 heteroatoms. The van der Waals surface area contributed by atoms with E-state index in [0.717, 1.165) is 4.90 Å². The van der Waals surface area contributed by atoms with E-state index in [1.54, 1.807) is 24.3 Å². The van der Waals surface area contributed by atoms with Gasteiger partial charge in [-0.2, -0.15) is 5.26 Å². The van der Waals surface area contributed by atoms with Gasteiger partial charge in [-0.3, -0.25) is 14.5 Å². The fraction of sp³-hybridized carbons (Fsp3) is 0.227. The van der Waals surface area contributed by atoms with Crippen molar-refractivity contribution in [3.8, 4) is 17.4 Å². The second-order valence-corrected chi connectivity index (χ2v) is 9.64. The summed E-state index contributed by atoms with van der Waals surface area (Å²) in [5.74, 6) is -1.50. The first-order valence-electron chi connectivity index (χ1n) is 9.47. The van der Waals surface area contributed by atoms with Crippen molar-refractivity contribution in [2.45, 2.75) is 19.4 Å². The molecule has 2 aliphatic heterocycles. The number of halogens is 1. The van der Waals surface area contributed by atoms with Crippen molar-refractivity contribution in [2.24, 2.45) is 0 Å². The number of benzene rings is 1. The summed E-state index contributed by atoms with van der Waals surface area (Å²) in [5, 5.41) is 9.47. The highest BCUT2D eigenvalue weighted by atomic mass is 32.2. The molecule has 1 saturated heterocycles. The lowest BCUT2D eigenvalue weighted by molar-refractivity contribution is -0.142. The molecule has 1 fully saturated rings. The molecule has 2 aliphatic rings. The van der Waals surface area contributed by atoms with Gasteiger partial charge in [0, 0.05) is 11.1 Å². The minimum absolute atomic E-state index is 0.0838. The van der Waals surface area contributed by atoms with Gasteiger partial charge in [-0.25, -0.2) is 12.8 Å². The molecule has 0 radical (unpaired) electrons. The van der Waals surface area contributed by atoms with Crippen LogP contribution < -0.4 is 0 Å². The number of hydrogen-bond acceptors (Lipinski definition) is 6. The molecule has 0 unspecified atom stereocenters. The van der Waals surface area contributed by atoms with Crippen molar-refractivity contribution in [3.63, 3.8) is 0 Å². The van der Waals surface area contributed by atoms with Gasteiger partial charge in [-0.05, 0) is 61.4 Å². The number of carbonyl (C=O) groups excluding carboxylic acids is 2. The third-order valence-electron chi connectivity index (χ3n) is 5.39. The molecule has 0 aliphatic carbocycles. The van der Waals surface area contributed by atoms with Crippen LogP contribution in [-0.2, 0) is 19.4 Å². The van der Waals surface area contributed by atoms with Crippen LogP contribution in [0.25, 0.3) is 17.4 Å². The first-order chi connectivity index (χ1) is 14.7. The zero-order chi connectivity index (χ0) is 22.3. The highest BCUT2D eigenvalue weighted by Crippen LogP contribution is 2.32. The molecule has 0 saturated carbocycles. The first kappa shape index (κ1) is 20.8. The Morgan fingerprint density at radius 3 is 2.48 bits per heavy atom. The minimum atomic E-state index is -3.35. The molecular formula is C22H17FN2O5S. The van der Waals surface area contributed by atoms with Gasteiger partial charge in [0.1, 0.15) is 29.0 Å². The Balaban J connectivity index is 1.73. The van der Waals surface area contributed by atoms with Gasteiger partial charge < -0.3 is 4.42 Å². The van der Waals surface area contributed by atoms with Crippen LogP contribution in [0.4, 0.5) is 4.39 Å². The number of sulfone groups is 1. The summed E-state index contributed by atoms with van der Waals surface area (Å²) in [5.41, 5.74) is 0.717. The van der Waals surface area contributed by atoms with Gasteiger partial charge in [0.05, 0.1) is 17.5 Å². The third-order valence-corrected chi connectivity index (χ3v) is 7.14. The highest BCUT2D eigenvalue weighted by Gasteiger charge is 2.43. The molecule has 0 N–H and O–H groups in total. The lowest BCUT2D eigenvalue weighted by Crippen LogP contribution is -2.49. The predicted octanol–water partition coefficient (Wildman–Crippen LogP) is 2.87. The Kier molecular flexibility index (Phi) is 5.11. The second-order valence-electron chi connectivity index (χ2n) is 7.42. The van der Waals surface area contributed by atoms with E-state index in [-0.39, 0.29) is 40.5 Å². The quantitative estimate of drug-likeness (QED) is 0.536. The lowest BCUT2D eigenvalue weighted by atomic mass is 9.93. The number of amides is 2. The van der Waals surface area contributed by atoms with Crippen molar-refractivity contribution in [1.82, 2.24) is 4.90 Å². The summed E-state index contributed by atoms with van der Waals surface area (Å²) in [6.07, 6.45) is 1.56. The number of rotatable bonds is 3. The maximum Gasteiger partial charge on any atom is 0.271 e. The van der Waals surface area contributed by atoms with Gasteiger partial charge in [-0.15, -0.1) is 0 Å². The first-order valence-corrected chi connectivity index (χ1v) is 11.3. The Bertz CT molecular complexity index is 1300. The molecule has 7 nitrogen and oxygen atoms in total.